The maximum atomic E-state index is 15.5. The maximum absolute atomic E-state index is 15.5. The Kier molecular flexibility index (Phi) is 8.14. The Morgan fingerprint density at radius 1 is 0.700 bits per heavy atom. The molecule has 0 amide bonds. The van der Waals surface area contributed by atoms with E-state index in [4.69, 9.17) is 14.2 Å². The normalized spacial score (nSPS) is 13.7. The first kappa shape index (κ1) is 28.2. The van der Waals surface area contributed by atoms with Crippen LogP contribution in [0.2, 0.25) is 0 Å². The van der Waals surface area contributed by atoms with Crippen molar-refractivity contribution in [2.75, 3.05) is 0 Å². The highest BCUT2D eigenvalue weighted by Gasteiger charge is 2.25. The van der Waals surface area contributed by atoms with Gasteiger partial charge in [0.15, 0.2) is 0 Å². The van der Waals surface area contributed by atoms with E-state index in [1.54, 1.807) is 25.1 Å². The molecule has 0 N–H and O–H groups in total. The van der Waals surface area contributed by atoms with Crippen LogP contribution in [0.4, 0.5) is 4.39 Å². The molecular weight excluding hydrogens is 511 g/mol. The molecule has 40 heavy (non-hydrogen) atoms. The van der Waals surface area contributed by atoms with Gasteiger partial charge in [0.05, 0.1) is 0 Å². The third-order valence-corrected chi connectivity index (χ3v) is 6.38. The van der Waals surface area contributed by atoms with E-state index in [1.165, 1.54) is 32.0 Å². The van der Waals surface area contributed by atoms with Gasteiger partial charge in [-0.1, -0.05) is 50.1 Å². The van der Waals surface area contributed by atoms with E-state index in [0.717, 1.165) is 11.1 Å². The minimum absolute atomic E-state index is 0.0834. The lowest BCUT2D eigenvalue weighted by atomic mass is 9.97. The Labute approximate surface area is 232 Å². The second kappa shape index (κ2) is 11.5. The van der Waals surface area contributed by atoms with Gasteiger partial charge in [-0.2, -0.15) is 0 Å². The minimum atomic E-state index is -0.674. The molecule has 0 saturated carbocycles. The molecule has 4 rings (SSSR count). The van der Waals surface area contributed by atoms with Crippen LogP contribution in [0.5, 0.6) is 11.5 Å². The molecule has 0 spiro atoms. The average Bonchev–Trinajstić information content (AvgIpc) is 3.30. The summed E-state index contributed by atoms with van der Waals surface area (Å²) in [5.41, 5.74) is 4.72. The average molecular weight is 541 g/mol. The Bertz CT molecular complexity index is 1580. The molecule has 0 aliphatic heterocycles. The zero-order valence-electron chi connectivity index (χ0n) is 22.6. The molecule has 0 radical (unpaired) electrons. The summed E-state index contributed by atoms with van der Waals surface area (Å²) in [6.45, 7) is 15.4. The predicted molar refractivity (Wildman–Crippen MR) is 150 cm³/mol. The number of fused-ring (bicyclic) bond motifs is 1. The highest BCUT2D eigenvalue weighted by Crippen LogP contribution is 2.37. The fraction of sp³-hybridized carbons (Fsp3) is 0.182. The van der Waals surface area contributed by atoms with E-state index >= 15 is 4.39 Å². The van der Waals surface area contributed by atoms with Gasteiger partial charge in [0.1, 0.15) is 23.4 Å². The molecular formula is C33H29FO6. The van der Waals surface area contributed by atoms with Crippen molar-refractivity contribution >= 4 is 17.9 Å². The first-order chi connectivity index (χ1) is 18.9. The minimum Gasteiger partial charge on any atom is -0.458 e. The first-order valence-electron chi connectivity index (χ1n) is 12.6. The lowest BCUT2D eigenvalue weighted by molar-refractivity contribution is -0.143. The Morgan fingerprint density at radius 3 is 1.93 bits per heavy atom. The molecule has 1 atom stereocenters. The third-order valence-electron chi connectivity index (χ3n) is 6.38. The molecule has 1 aliphatic rings. The Balaban J connectivity index is 1.63. The third kappa shape index (κ3) is 6.26. The van der Waals surface area contributed by atoms with Crippen LogP contribution in [0.25, 0.3) is 22.3 Å². The highest BCUT2D eigenvalue weighted by atomic mass is 19.1. The van der Waals surface area contributed by atoms with E-state index < -0.39 is 23.7 Å². The second-order valence-electron chi connectivity index (χ2n) is 9.89. The number of hydrogen-bond acceptors (Lipinski definition) is 6. The molecule has 0 heterocycles. The van der Waals surface area contributed by atoms with Gasteiger partial charge >= 0.3 is 17.9 Å². The van der Waals surface area contributed by atoms with Crippen molar-refractivity contribution in [3.63, 3.8) is 0 Å². The summed E-state index contributed by atoms with van der Waals surface area (Å²) in [5, 5.41) is 0. The summed E-state index contributed by atoms with van der Waals surface area (Å²) in [4.78, 5) is 36.2. The van der Waals surface area contributed by atoms with Gasteiger partial charge in [-0.15, -0.1) is 0 Å². The molecule has 7 heteroatoms. The van der Waals surface area contributed by atoms with Crippen molar-refractivity contribution in [2.24, 2.45) is 0 Å². The fourth-order valence-corrected chi connectivity index (χ4v) is 4.27. The Morgan fingerprint density at radius 2 is 1.27 bits per heavy atom. The zero-order valence-corrected chi connectivity index (χ0v) is 22.6. The number of halogens is 1. The summed E-state index contributed by atoms with van der Waals surface area (Å²) in [6, 6.07) is 14.9. The van der Waals surface area contributed by atoms with Crippen LogP contribution in [-0.4, -0.2) is 24.0 Å². The van der Waals surface area contributed by atoms with Crippen molar-refractivity contribution in [1.29, 1.82) is 0 Å². The second-order valence-corrected chi connectivity index (χ2v) is 9.89. The van der Waals surface area contributed by atoms with E-state index in [9.17, 15) is 14.4 Å². The number of ether oxygens (including phenoxy) is 3. The zero-order chi connectivity index (χ0) is 29.1. The maximum Gasteiger partial charge on any atom is 0.338 e. The Hall–Kier alpha value is -4.78. The van der Waals surface area contributed by atoms with E-state index in [1.807, 2.05) is 18.2 Å². The van der Waals surface area contributed by atoms with E-state index in [-0.39, 0.29) is 28.7 Å². The number of carbonyl (C=O) groups is 3. The molecule has 1 unspecified atom stereocenters. The molecule has 6 nitrogen and oxygen atoms in total. The van der Waals surface area contributed by atoms with Crippen LogP contribution >= 0.6 is 0 Å². The SMILES string of the molecule is C=C(C)C(=O)Oc1ccc(-c2ccc(-c3ccc4c(c3)CC(OC(=O)C(=C)C)C4)c(F)c2)c(OC(=O)C(=C)C)c1. The van der Waals surface area contributed by atoms with Gasteiger partial charge < -0.3 is 14.2 Å². The van der Waals surface area contributed by atoms with Gasteiger partial charge in [-0.25, -0.2) is 18.8 Å². The smallest absolute Gasteiger partial charge is 0.338 e. The summed E-state index contributed by atoms with van der Waals surface area (Å²) < 4.78 is 31.7. The van der Waals surface area contributed by atoms with Crippen molar-refractivity contribution in [2.45, 2.75) is 39.7 Å². The molecule has 0 fully saturated rings. The number of hydrogen-bond donors (Lipinski definition) is 0. The lowest BCUT2D eigenvalue weighted by Gasteiger charge is -2.14. The van der Waals surface area contributed by atoms with E-state index in [2.05, 4.69) is 19.7 Å². The molecule has 3 aromatic carbocycles. The molecule has 0 aromatic heterocycles. The van der Waals surface area contributed by atoms with Crippen molar-refractivity contribution in [3.05, 3.63) is 108 Å². The lowest BCUT2D eigenvalue weighted by Crippen LogP contribution is -2.18. The van der Waals surface area contributed by atoms with Gasteiger partial charge in [-0.05, 0) is 61.2 Å². The number of carbonyl (C=O) groups excluding carboxylic acids is 3. The van der Waals surface area contributed by atoms with Gasteiger partial charge in [-0.3, -0.25) is 0 Å². The standard InChI is InChI=1S/C33H29FO6/c1-18(2)31(35)38-25-10-12-28(30(17-25)40-33(37)20(5)6)23-9-11-27(29(34)16-23)22-8-7-21-14-26(15-24(21)13-22)39-32(36)19(3)4/h7-13,16-17,26H,1,3,5,14-15H2,2,4,6H3. The van der Waals surface area contributed by atoms with Crippen molar-refractivity contribution in [1.82, 2.24) is 0 Å². The van der Waals surface area contributed by atoms with Gasteiger partial charge in [0, 0.05) is 46.8 Å². The van der Waals surface area contributed by atoms with E-state index in [0.29, 0.717) is 40.7 Å². The fourth-order valence-electron chi connectivity index (χ4n) is 4.27. The van der Waals surface area contributed by atoms with Crippen LogP contribution in [0.3, 0.4) is 0 Å². The highest BCUT2D eigenvalue weighted by molar-refractivity contribution is 5.91. The van der Waals surface area contributed by atoms with Crippen LogP contribution in [0, 0.1) is 5.82 Å². The van der Waals surface area contributed by atoms with Gasteiger partial charge in [0.2, 0.25) is 0 Å². The molecule has 3 aromatic rings. The summed E-state index contributed by atoms with van der Waals surface area (Å²) in [7, 11) is 0. The van der Waals surface area contributed by atoms with Crippen LogP contribution in [0.1, 0.15) is 31.9 Å². The summed E-state index contributed by atoms with van der Waals surface area (Å²) in [6.07, 6.45) is 0.862. The molecule has 0 saturated heterocycles. The monoisotopic (exact) mass is 540 g/mol. The summed E-state index contributed by atoms with van der Waals surface area (Å²) >= 11 is 0. The van der Waals surface area contributed by atoms with Crippen molar-refractivity contribution in [3.8, 4) is 33.8 Å². The predicted octanol–water partition coefficient (Wildman–Crippen LogP) is 6.71. The number of rotatable bonds is 8. The number of benzene rings is 3. The quantitative estimate of drug-likeness (QED) is 0.180. The van der Waals surface area contributed by atoms with Crippen LogP contribution in [0.15, 0.2) is 91.1 Å². The molecule has 1 aliphatic carbocycles. The number of esters is 3. The molecule has 204 valence electrons. The van der Waals surface area contributed by atoms with Gasteiger partial charge in [0.25, 0.3) is 0 Å². The van der Waals surface area contributed by atoms with Crippen molar-refractivity contribution < 1.29 is 33.0 Å². The molecule has 0 bridgehead atoms. The topological polar surface area (TPSA) is 78.9 Å². The largest absolute Gasteiger partial charge is 0.458 e. The van der Waals surface area contributed by atoms with Crippen LogP contribution in [-0.2, 0) is 32.0 Å². The van der Waals surface area contributed by atoms with Crippen LogP contribution < -0.4 is 9.47 Å². The summed E-state index contributed by atoms with van der Waals surface area (Å²) in [5.74, 6) is -1.98. The first-order valence-corrected chi connectivity index (χ1v) is 12.6.